The minimum atomic E-state index is -0.849. The van der Waals surface area contributed by atoms with Gasteiger partial charge in [0.05, 0.1) is 10.5 Å². The van der Waals surface area contributed by atoms with Crippen LogP contribution in [0.2, 0.25) is 0 Å². The summed E-state index contributed by atoms with van der Waals surface area (Å²) in [5.41, 5.74) is -0.0534. The van der Waals surface area contributed by atoms with Crippen molar-refractivity contribution in [2.75, 3.05) is 5.32 Å². The van der Waals surface area contributed by atoms with E-state index in [0.29, 0.717) is 10.0 Å². The summed E-state index contributed by atoms with van der Waals surface area (Å²) in [7, 11) is 0. The molecule has 0 radical (unpaired) electrons. The fraction of sp³-hybridized carbons (Fsp3) is 0. The molecule has 0 spiro atoms. The number of fused-ring (bicyclic) bond motifs is 1. The van der Waals surface area contributed by atoms with Gasteiger partial charge in [0.25, 0.3) is 11.6 Å². The van der Waals surface area contributed by atoms with E-state index in [-0.39, 0.29) is 28.3 Å². The molecule has 0 aliphatic heterocycles. The third-order valence-corrected chi connectivity index (χ3v) is 5.69. The lowest BCUT2D eigenvalue weighted by molar-refractivity contribution is -0.383. The van der Waals surface area contributed by atoms with Gasteiger partial charge in [0.15, 0.2) is 0 Å². The van der Waals surface area contributed by atoms with E-state index in [0.717, 1.165) is 10.8 Å². The number of amides is 1. The third kappa shape index (κ3) is 5.29. The molecule has 4 aromatic rings. The van der Waals surface area contributed by atoms with Crippen LogP contribution in [-0.2, 0) is 4.79 Å². The van der Waals surface area contributed by atoms with E-state index in [4.69, 9.17) is 4.74 Å². The first-order valence-corrected chi connectivity index (χ1v) is 11.3. The van der Waals surface area contributed by atoms with E-state index >= 15 is 0 Å². The average Bonchev–Trinajstić information content (AvgIpc) is 2.88. The van der Waals surface area contributed by atoms with Crippen LogP contribution < -0.4 is 10.1 Å². The van der Waals surface area contributed by atoms with Gasteiger partial charge in [0.1, 0.15) is 23.1 Å². The number of anilines is 1. The number of nitrogens with one attached hydrogen (secondary N) is 1. The van der Waals surface area contributed by atoms with Crippen LogP contribution in [0, 0.1) is 21.4 Å². The molecule has 0 unspecified atom stereocenters. The Morgan fingerprint density at radius 2 is 1.72 bits per heavy atom. The van der Waals surface area contributed by atoms with Gasteiger partial charge in [-0.25, -0.2) is 4.79 Å². The second kappa shape index (κ2) is 10.6. The van der Waals surface area contributed by atoms with E-state index in [9.17, 15) is 25.0 Å². The Morgan fingerprint density at radius 3 is 2.50 bits per heavy atom. The van der Waals surface area contributed by atoms with Crippen LogP contribution in [0.3, 0.4) is 0 Å². The zero-order valence-electron chi connectivity index (χ0n) is 18.5. The highest BCUT2D eigenvalue weighted by Crippen LogP contribution is 2.29. The molecule has 9 heteroatoms. The van der Waals surface area contributed by atoms with Crippen LogP contribution in [0.4, 0.5) is 11.4 Å². The predicted octanol–water partition coefficient (Wildman–Crippen LogP) is 6.28. The van der Waals surface area contributed by atoms with Crippen LogP contribution in [0.25, 0.3) is 16.8 Å². The number of benzene rings is 4. The summed E-state index contributed by atoms with van der Waals surface area (Å²) in [6, 6.07) is 24.8. The number of esters is 1. The number of halogens is 1. The van der Waals surface area contributed by atoms with Crippen molar-refractivity contribution in [3.63, 3.8) is 0 Å². The molecule has 0 bridgehead atoms. The topological polar surface area (TPSA) is 122 Å². The molecule has 4 aromatic carbocycles. The van der Waals surface area contributed by atoms with Gasteiger partial charge in [-0.2, -0.15) is 5.26 Å². The third-order valence-electron chi connectivity index (χ3n) is 5.20. The van der Waals surface area contributed by atoms with Crippen molar-refractivity contribution in [1.82, 2.24) is 0 Å². The first-order chi connectivity index (χ1) is 17.4. The maximum absolute atomic E-state index is 13.0. The summed E-state index contributed by atoms with van der Waals surface area (Å²) in [4.78, 5) is 36.4. The predicted molar refractivity (Wildman–Crippen MR) is 138 cm³/mol. The molecule has 0 aromatic heterocycles. The van der Waals surface area contributed by atoms with Gasteiger partial charge in [0.2, 0.25) is 0 Å². The van der Waals surface area contributed by atoms with Crippen LogP contribution in [0.5, 0.6) is 5.75 Å². The molecule has 0 aliphatic carbocycles. The van der Waals surface area contributed by atoms with Crippen LogP contribution >= 0.6 is 15.9 Å². The lowest BCUT2D eigenvalue weighted by atomic mass is 10.0. The number of hydrogen-bond acceptors (Lipinski definition) is 6. The van der Waals surface area contributed by atoms with E-state index in [2.05, 4.69) is 21.2 Å². The number of hydrogen-bond donors (Lipinski definition) is 1. The minimum Gasteiger partial charge on any atom is -0.422 e. The molecule has 0 saturated heterocycles. The number of carbonyl (C=O) groups is 2. The number of nitrogens with zero attached hydrogens (tertiary/aromatic N) is 2. The maximum atomic E-state index is 13.0. The molecule has 176 valence electrons. The lowest BCUT2D eigenvalue weighted by Crippen LogP contribution is -2.15. The first kappa shape index (κ1) is 24.3. The quantitative estimate of drug-likeness (QED) is 0.0765. The summed E-state index contributed by atoms with van der Waals surface area (Å²) in [5, 5.41) is 24.9. The number of carbonyl (C=O) groups excluding carboxylic acids is 2. The number of rotatable bonds is 6. The fourth-order valence-corrected chi connectivity index (χ4v) is 3.89. The molecule has 1 amide bonds. The van der Waals surface area contributed by atoms with Crippen molar-refractivity contribution >= 4 is 56.0 Å². The lowest BCUT2D eigenvalue weighted by Gasteiger charge is -2.11. The SMILES string of the molecule is N#CC(=Cc1cc(Br)ccc1OC(=O)c1cccc2ccccc12)C(=O)Nc1ccccc1[N+](=O)[O-]. The van der Waals surface area contributed by atoms with Gasteiger partial charge >= 0.3 is 5.97 Å². The number of para-hydroxylation sites is 2. The van der Waals surface area contributed by atoms with Crippen molar-refractivity contribution in [3.05, 3.63) is 116 Å². The summed E-state index contributed by atoms with van der Waals surface area (Å²) in [6.45, 7) is 0. The largest absolute Gasteiger partial charge is 0.422 e. The monoisotopic (exact) mass is 541 g/mol. The Morgan fingerprint density at radius 1 is 1.00 bits per heavy atom. The van der Waals surface area contributed by atoms with E-state index in [1.165, 1.54) is 36.4 Å². The number of nitro groups is 1. The highest BCUT2D eigenvalue weighted by molar-refractivity contribution is 9.10. The summed E-state index contributed by atoms with van der Waals surface area (Å²) < 4.78 is 6.27. The molecule has 0 aliphatic rings. The first-order valence-electron chi connectivity index (χ1n) is 10.5. The van der Waals surface area contributed by atoms with Crippen molar-refractivity contribution in [3.8, 4) is 11.8 Å². The molecular formula is C27H16BrN3O5. The highest BCUT2D eigenvalue weighted by atomic mass is 79.9. The average molecular weight is 542 g/mol. The van der Waals surface area contributed by atoms with Crippen molar-refractivity contribution in [2.24, 2.45) is 0 Å². The molecular weight excluding hydrogens is 526 g/mol. The van der Waals surface area contributed by atoms with Crippen molar-refractivity contribution in [2.45, 2.75) is 0 Å². The van der Waals surface area contributed by atoms with Gasteiger partial charge in [-0.05, 0) is 47.2 Å². The van der Waals surface area contributed by atoms with E-state index in [1.807, 2.05) is 30.3 Å². The molecule has 1 N–H and O–H groups in total. The van der Waals surface area contributed by atoms with Crippen LogP contribution in [0.15, 0.2) is 95.0 Å². The summed E-state index contributed by atoms with van der Waals surface area (Å²) in [6.07, 6.45) is 1.25. The second-order valence-electron chi connectivity index (χ2n) is 7.50. The minimum absolute atomic E-state index is 0.0505. The fourth-order valence-electron chi connectivity index (χ4n) is 3.52. The van der Waals surface area contributed by atoms with Crippen LogP contribution in [-0.4, -0.2) is 16.8 Å². The molecule has 0 atom stereocenters. The zero-order valence-corrected chi connectivity index (χ0v) is 20.1. The normalized spacial score (nSPS) is 10.9. The number of ether oxygens (including phenoxy) is 1. The number of nitro benzene ring substituents is 1. The Labute approximate surface area is 213 Å². The van der Waals surface area contributed by atoms with Gasteiger partial charge in [0, 0.05) is 16.1 Å². The van der Waals surface area contributed by atoms with Crippen LogP contribution in [0.1, 0.15) is 15.9 Å². The molecule has 0 fully saturated rings. The molecule has 8 nitrogen and oxygen atoms in total. The second-order valence-corrected chi connectivity index (χ2v) is 8.41. The van der Waals surface area contributed by atoms with E-state index in [1.54, 1.807) is 30.3 Å². The van der Waals surface area contributed by atoms with Gasteiger partial charge in [-0.15, -0.1) is 0 Å². The summed E-state index contributed by atoms with van der Waals surface area (Å²) >= 11 is 3.34. The smallest absolute Gasteiger partial charge is 0.344 e. The Bertz CT molecular complexity index is 1580. The zero-order chi connectivity index (χ0) is 25.7. The van der Waals surface area contributed by atoms with Gasteiger partial charge in [-0.3, -0.25) is 14.9 Å². The molecule has 4 rings (SSSR count). The highest BCUT2D eigenvalue weighted by Gasteiger charge is 2.19. The maximum Gasteiger partial charge on any atom is 0.344 e. The van der Waals surface area contributed by atoms with Crippen molar-refractivity contribution < 1.29 is 19.2 Å². The number of nitriles is 1. The molecule has 36 heavy (non-hydrogen) atoms. The Kier molecular flexibility index (Phi) is 7.18. The summed E-state index contributed by atoms with van der Waals surface area (Å²) in [5.74, 6) is -1.33. The molecule has 0 saturated carbocycles. The Balaban J connectivity index is 1.66. The van der Waals surface area contributed by atoms with E-state index < -0.39 is 16.8 Å². The van der Waals surface area contributed by atoms with Crippen molar-refractivity contribution in [1.29, 1.82) is 5.26 Å². The van der Waals surface area contributed by atoms with Gasteiger partial charge < -0.3 is 10.1 Å². The Hall–Kier alpha value is -4.81. The standard InChI is InChI=1S/C27H16BrN3O5/c28-20-12-13-25(36-27(33)22-9-5-7-17-6-1-2-8-21(17)22)18(15-20)14-19(16-29)26(32)30-23-10-3-4-11-24(23)31(34)35/h1-15H,(H,30,32). The van der Waals surface area contributed by atoms with Gasteiger partial charge in [-0.1, -0.05) is 64.5 Å². The molecule has 0 heterocycles.